The van der Waals surface area contributed by atoms with Crippen LogP contribution in [0.5, 0.6) is 11.5 Å². The largest absolute Gasteiger partial charge is 0.493 e. The van der Waals surface area contributed by atoms with Crippen molar-refractivity contribution >= 4 is 22.4 Å². The highest BCUT2D eigenvalue weighted by atomic mass is 32.1. The fourth-order valence-electron chi connectivity index (χ4n) is 2.65. The van der Waals surface area contributed by atoms with Crippen LogP contribution in [0.3, 0.4) is 0 Å². The first kappa shape index (κ1) is 19.8. The molecule has 0 unspecified atom stereocenters. The number of anilines is 1. The average molecular weight is 398 g/mol. The molecule has 3 aromatic rings. The van der Waals surface area contributed by atoms with E-state index in [0.717, 1.165) is 10.6 Å². The Hall–Kier alpha value is -2.93. The van der Waals surface area contributed by atoms with Crippen molar-refractivity contribution in [3.63, 3.8) is 0 Å². The van der Waals surface area contributed by atoms with E-state index in [-0.39, 0.29) is 5.91 Å². The minimum Gasteiger partial charge on any atom is -0.493 e. The number of nitrogens with one attached hydrogen (secondary N) is 1. The Morgan fingerprint density at radius 2 is 1.86 bits per heavy atom. The van der Waals surface area contributed by atoms with Crippen molar-refractivity contribution in [2.75, 3.05) is 19.0 Å². The topological polar surface area (TPSA) is 73.3 Å². The summed E-state index contributed by atoms with van der Waals surface area (Å²) in [4.78, 5) is 12.5. The molecule has 3 rings (SSSR count). The Labute approximate surface area is 168 Å². The molecule has 0 fully saturated rings. The minimum absolute atomic E-state index is 0.279. The number of carbonyl (C=O) groups is 1. The number of ether oxygens (including phenoxy) is 2. The Morgan fingerprint density at radius 1 is 1.11 bits per heavy atom. The molecule has 0 saturated carbocycles. The predicted molar refractivity (Wildman–Crippen MR) is 112 cm³/mol. The normalized spacial score (nSPS) is 10.8. The van der Waals surface area contributed by atoms with E-state index < -0.39 is 0 Å². The molecule has 6 nitrogen and oxygen atoms in total. The number of amides is 1. The van der Waals surface area contributed by atoms with Crippen LogP contribution in [0, 0.1) is 0 Å². The van der Waals surface area contributed by atoms with Crippen molar-refractivity contribution in [1.29, 1.82) is 0 Å². The molecular weight excluding hydrogens is 374 g/mol. The van der Waals surface area contributed by atoms with E-state index in [1.54, 1.807) is 25.3 Å². The zero-order valence-electron chi connectivity index (χ0n) is 16.4. The number of nitrogens with zero attached hydrogens (tertiary/aromatic N) is 2. The van der Waals surface area contributed by atoms with Crippen LogP contribution in [0.2, 0.25) is 0 Å². The molecular formula is C21H23N3O3S. The highest BCUT2D eigenvalue weighted by Crippen LogP contribution is 2.30. The van der Waals surface area contributed by atoms with E-state index in [1.807, 2.05) is 19.1 Å². The van der Waals surface area contributed by atoms with E-state index in [4.69, 9.17) is 9.47 Å². The van der Waals surface area contributed by atoms with E-state index >= 15 is 0 Å². The maximum absolute atomic E-state index is 12.5. The number of carbonyl (C=O) groups excluding carboxylic acids is 1. The number of rotatable bonds is 7. The second-order valence-corrected chi connectivity index (χ2v) is 7.42. The first-order chi connectivity index (χ1) is 13.5. The summed E-state index contributed by atoms with van der Waals surface area (Å²) in [6.45, 7) is 6.73. The lowest BCUT2D eigenvalue weighted by molar-refractivity contribution is 0.102. The van der Waals surface area contributed by atoms with Crippen LogP contribution < -0.4 is 14.8 Å². The van der Waals surface area contributed by atoms with Crippen molar-refractivity contribution in [3.8, 4) is 22.1 Å². The van der Waals surface area contributed by atoms with Gasteiger partial charge in [-0.05, 0) is 36.6 Å². The van der Waals surface area contributed by atoms with Crippen LogP contribution in [-0.2, 0) is 0 Å². The highest BCUT2D eigenvalue weighted by molar-refractivity contribution is 7.18. The molecule has 1 N–H and O–H groups in total. The molecule has 146 valence electrons. The van der Waals surface area contributed by atoms with Crippen LogP contribution >= 0.6 is 11.3 Å². The fourth-order valence-corrected chi connectivity index (χ4v) is 3.40. The molecule has 0 bridgehead atoms. The third kappa shape index (κ3) is 4.48. The van der Waals surface area contributed by atoms with Gasteiger partial charge in [-0.15, -0.1) is 10.2 Å². The SMILES string of the molecule is CCOc1ccc(C(=O)Nc2nnc(-c3ccc(C(C)C)cc3)s2)cc1OC. The standard InChI is InChI=1S/C21H23N3O3S/c1-5-27-17-11-10-16(12-18(17)26-4)19(25)22-21-24-23-20(28-21)15-8-6-14(7-9-15)13(2)3/h6-13H,5H2,1-4H3,(H,22,24,25). The quantitative estimate of drug-likeness (QED) is 0.608. The second-order valence-electron chi connectivity index (χ2n) is 6.44. The molecule has 0 aliphatic rings. The highest BCUT2D eigenvalue weighted by Gasteiger charge is 2.14. The molecule has 0 spiro atoms. The summed E-state index contributed by atoms with van der Waals surface area (Å²) in [7, 11) is 1.54. The Balaban J connectivity index is 1.73. The first-order valence-electron chi connectivity index (χ1n) is 9.07. The predicted octanol–water partition coefficient (Wildman–Crippen LogP) is 4.99. The summed E-state index contributed by atoms with van der Waals surface area (Å²) in [5.41, 5.74) is 2.70. The molecule has 1 aromatic heterocycles. The maximum Gasteiger partial charge on any atom is 0.257 e. The molecule has 28 heavy (non-hydrogen) atoms. The van der Waals surface area contributed by atoms with Gasteiger partial charge in [-0.1, -0.05) is 49.4 Å². The molecule has 2 aromatic carbocycles. The van der Waals surface area contributed by atoms with E-state index in [0.29, 0.717) is 34.7 Å². The summed E-state index contributed by atoms with van der Waals surface area (Å²) < 4.78 is 10.8. The number of methoxy groups -OCH3 is 1. The van der Waals surface area contributed by atoms with Gasteiger partial charge in [0.2, 0.25) is 5.13 Å². The van der Waals surface area contributed by atoms with Gasteiger partial charge in [-0.25, -0.2) is 0 Å². The molecule has 0 saturated heterocycles. The third-order valence-electron chi connectivity index (χ3n) is 4.20. The molecule has 0 radical (unpaired) electrons. The van der Waals surface area contributed by atoms with E-state index in [1.165, 1.54) is 16.9 Å². The van der Waals surface area contributed by atoms with E-state index in [2.05, 4.69) is 41.5 Å². The van der Waals surface area contributed by atoms with Crippen molar-refractivity contribution < 1.29 is 14.3 Å². The lowest BCUT2D eigenvalue weighted by atomic mass is 10.0. The van der Waals surface area contributed by atoms with Gasteiger partial charge < -0.3 is 9.47 Å². The Kier molecular flexibility index (Phi) is 6.26. The van der Waals surface area contributed by atoms with Gasteiger partial charge in [0.15, 0.2) is 11.5 Å². The van der Waals surface area contributed by atoms with Gasteiger partial charge in [0, 0.05) is 11.1 Å². The summed E-state index contributed by atoms with van der Waals surface area (Å²) >= 11 is 1.33. The maximum atomic E-state index is 12.5. The molecule has 7 heteroatoms. The zero-order chi connectivity index (χ0) is 20.1. The van der Waals surface area contributed by atoms with Gasteiger partial charge in [0.25, 0.3) is 5.91 Å². The van der Waals surface area contributed by atoms with Gasteiger partial charge >= 0.3 is 0 Å². The zero-order valence-corrected chi connectivity index (χ0v) is 17.2. The molecule has 0 aliphatic heterocycles. The monoisotopic (exact) mass is 397 g/mol. The minimum atomic E-state index is -0.279. The fraction of sp³-hybridized carbons (Fsp3) is 0.286. The van der Waals surface area contributed by atoms with Crippen molar-refractivity contribution in [1.82, 2.24) is 10.2 Å². The van der Waals surface area contributed by atoms with Gasteiger partial charge in [0.05, 0.1) is 13.7 Å². The van der Waals surface area contributed by atoms with Crippen LogP contribution in [0.25, 0.3) is 10.6 Å². The number of aromatic nitrogens is 2. The van der Waals surface area contributed by atoms with Crippen molar-refractivity contribution in [3.05, 3.63) is 53.6 Å². The summed E-state index contributed by atoms with van der Waals surface area (Å²) in [6.07, 6.45) is 0. The van der Waals surface area contributed by atoms with Gasteiger partial charge in [-0.2, -0.15) is 0 Å². The van der Waals surface area contributed by atoms with Crippen LogP contribution in [-0.4, -0.2) is 29.8 Å². The summed E-state index contributed by atoms with van der Waals surface area (Å²) in [5.74, 6) is 1.31. The summed E-state index contributed by atoms with van der Waals surface area (Å²) in [6, 6.07) is 13.3. The average Bonchev–Trinajstić information content (AvgIpc) is 3.17. The second kappa shape index (κ2) is 8.84. The number of benzene rings is 2. The molecule has 1 heterocycles. The van der Waals surface area contributed by atoms with Crippen LogP contribution in [0.1, 0.15) is 42.6 Å². The smallest absolute Gasteiger partial charge is 0.257 e. The molecule has 0 atom stereocenters. The van der Waals surface area contributed by atoms with Crippen molar-refractivity contribution in [2.24, 2.45) is 0 Å². The van der Waals surface area contributed by atoms with Crippen LogP contribution in [0.15, 0.2) is 42.5 Å². The lowest BCUT2D eigenvalue weighted by Crippen LogP contribution is -2.12. The Morgan fingerprint density at radius 3 is 2.50 bits per heavy atom. The Bertz CT molecular complexity index is 952. The summed E-state index contributed by atoms with van der Waals surface area (Å²) in [5, 5.41) is 12.3. The van der Waals surface area contributed by atoms with Crippen LogP contribution in [0.4, 0.5) is 5.13 Å². The molecule has 1 amide bonds. The third-order valence-corrected chi connectivity index (χ3v) is 5.08. The molecule has 0 aliphatic carbocycles. The number of hydrogen-bond donors (Lipinski definition) is 1. The lowest BCUT2D eigenvalue weighted by Gasteiger charge is -2.10. The van der Waals surface area contributed by atoms with E-state index in [9.17, 15) is 4.79 Å². The van der Waals surface area contributed by atoms with Crippen molar-refractivity contribution in [2.45, 2.75) is 26.7 Å². The first-order valence-corrected chi connectivity index (χ1v) is 9.89. The van der Waals surface area contributed by atoms with Gasteiger partial charge in [-0.3, -0.25) is 10.1 Å². The van der Waals surface area contributed by atoms with Gasteiger partial charge in [0.1, 0.15) is 5.01 Å². The number of hydrogen-bond acceptors (Lipinski definition) is 6.